The van der Waals surface area contributed by atoms with Crippen molar-refractivity contribution in [1.29, 1.82) is 0 Å². The van der Waals surface area contributed by atoms with Crippen LogP contribution >= 0.6 is 0 Å². The van der Waals surface area contributed by atoms with E-state index in [0.717, 1.165) is 12.1 Å². The Balaban J connectivity index is 1.78. The van der Waals surface area contributed by atoms with Crippen molar-refractivity contribution in [3.63, 3.8) is 0 Å². The first-order chi connectivity index (χ1) is 6.95. The van der Waals surface area contributed by atoms with Gasteiger partial charge in [-0.3, -0.25) is 0 Å². The molecule has 2 aromatic rings. The first-order valence-corrected chi connectivity index (χ1v) is 4.45. The number of hydrazone groups is 1. The molecule has 0 fully saturated rings. The average Bonchev–Trinajstić information content (AvgIpc) is 2.86. The van der Waals surface area contributed by atoms with E-state index in [4.69, 9.17) is 0 Å². The standard InChI is InChI=1S/C10H12N4/c1-3-11-5-9(1)7-13-14-8-10-2-4-12-6-10/h1-7,11-12,14H,8H2/b13-7+. The Kier molecular flexibility index (Phi) is 2.66. The molecule has 3 N–H and O–H groups in total. The minimum atomic E-state index is 0.740. The van der Waals surface area contributed by atoms with Gasteiger partial charge in [0.2, 0.25) is 0 Å². The zero-order chi connectivity index (χ0) is 9.64. The molecule has 0 atom stereocenters. The lowest BCUT2D eigenvalue weighted by atomic mass is 10.3. The fourth-order valence-electron chi connectivity index (χ4n) is 1.14. The van der Waals surface area contributed by atoms with Crippen LogP contribution in [-0.4, -0.2) is 16.2 Å². The van der Waals surface area contributed by atoms with E-state index in [2.05, 4.69) is 20.5 Å². The van der Waals surface area contributed by atoms with Gasteiger partial charge in [-0.1, -0.05) is 0 Å². The van der Waals surface area contributed by atoms with Gasteiger partial charge in [-0.05, 0) is 17.7 Å². The van der Waals surface area contributed by atoms with E-state index in [1.165, 1.54) is 5.56 Å². The molecule has 0 aliphatic rings. The number of nitrogens with zero attached hydrogens (tertiary/aromatic N) is 1. The molecule has 0 spiro atoms. The summed E-state index contributed by atoms with van der Waals surface area (Å²) in [5, 5.41) is 4.08. The number of hydrogen-bond acceptors (Lipinski definition) is 2. The highest BCUT2D eigenvalue weighted by molar-refractivity contribution is 5.78. The maximum absolute atomic E-state index is 4.08. The van der Waals surface area contributed by atoms with Gasteiger partial charge in [-0.15, -0.1) is 0 Å². The van der Waals surface area contributed by atoms with Gasteiger partial charge in [-0.2, -0.15) is 5.10 Å². The van der Waals surface area contributed by atoms with Crippen molar-refractivity contribution in [2.75, 3.05) is 0 Å². The van der Waals surface area contributed by atoms with Crippen molar-refractivity contribution in [2.45, 2.75) is 6.54 Å². The number of H-pyrrole nitrogens is 2. The van der Waals surface area contributed by atoms with Crippen molar-refractivity contribution in [3.05, 3.63) is 48.0 Å². The summed E-state index contributed by atoms with van der Waals surface area (Å²) in [7, 11) is 0. The Hall–Kier alpha value is -1.97. The van der Waals surface area contributed by atoms with Gasteiger partial charge in [0.05, 0.1) is 12.8 Å². The number of aromatic nitrogens is 2. The van der Waals surface area contributed by atoms with Crippen LogP contribution in [0.1, 0.15) is 11.1 Å². The third-order valence-electron chi connectivity index (χ3n) is 1.87. The summed E-state index contributed by atoms with van der Waals surface area (Å²) < 4.78 is 0. The topological polar surface area (TPSA) is 56.0 Å². The molecule has 2 rings (SSSR count). The Morgan fingerprint density at radius 1 is 1.21 bits per heavy atom. The van der Waals surface area contributed by atoms with E-state index in [9.17, 15) is 0 Å². The molecule has 14 heavy (non-hydrogen) atoms. The Labute approximate surface area is 82.1 Å². The minimum absolute atomic E-state index is 0.740. The molecule has 4 nitrogen and oxygen atoms in total. The van der Waals surface area contributed by atoms with Gasteiger partial charge in [0, 0.05) is 30.4 Å². The second-order valence-corrected chi connectivity index (χ2v) is 2.96. The van der Waals surface area contributed by atoms with E-state index in [-0.39, 0.29) is 0 Å². The third-order valence-corrected chi connectivity index (χ3v) is 1.87. The molecule has 0 saturated heterocycles. The monoisotopic (exact) mass is 188 g/mol. The molecule has 0 saturated carbocycles. The average molecular weight is 188 g/mol. The molecule has 0 aliphatic heterocycles. The fourth-order valence-corrected chi connectivity index (χ4v) is 1.14. The molecular weight excluding hydrogens is 176 g/mol. The lowest BCUT2D eigenvalue weighted by molar-refractivity contribution is 0.749. The summed E-state index contributed by atoms with van der Waals surface area (Å²) in [5.74, 6) is 0. The zero-order valence-corrected chi connectivity index (χ0v) is 7.70. The summed E-state index contributed by atoms with van der Waals surface area (Å²) in [6.45, 7) is 0.740. The normalized spacial score (nSPS) is 10.9. The van der Waals surface area contributed by atoms with E-state index in [0.29, 0.717) is 0 Å². The molecule has 0 aromatic carbocycles. The van der Waals surface area contributed by atoms with E-state index in [1.54, 1.807) is 6.21 Å². The van der Waals surface area contributed by atoms with E-state index >= 15 is 0 Å². The van der Waals surface area contributed by atoms with Gasteiger partial charge in [0.25, 0.3) is 0 Å². The quantitative estimate of drug-likeness (QED) is 0.494. The van der Waals surface area contributed by atoms with Crippen LogP contribution in [0.2, 0.25) is 0 Å². The van der Waals surface area contributed by atoms with Crippen LogP contribution in [0.5, 0.6) is 0 Å². The van der Waals surface area contributed by atoms with Crippen LogP contribution in [0, 0.1) is 0 Å². The molecule has 4 heteroatoms. The molecule has 0 aliphatic carbocycles. The smallest absolute Gasteiger partial charge is 0.0594 e. The summed E-state index contributed by atoms with van der Waals surface area (Å²) in [6, 6.07) is 3.97. The highest BCUT2D eigenvalue weighted by atomic mass is 15.3. The van der Waals surface area contributed by atoms with Crippen LogP contribution in [0.3, 0.4) is 0 Å². The largest absolute Gasteiger partial charge is 0.367 e. The number of nitrogens with one attached hydrogen (secondary N) is 3. The molecular formula is C10H12N4. The van der Waals surface area contributed by atoms with Crippen LogP contribution in [0.25, 0.3) is 0 Å². The summed E-state index contributed by atoms with van der Waals surface area (Å²) in [4.78, 5) is 5.95. The van der Waals surface area contributed by atoms with Gasteiger partial charge in [-0.25, -0.2) is 0 Å². The van der Waals surface area contributed by atoms with Crippen molar-refractivity contribution in [3.8, 4) is 0 Å². The molecule has 0 radical (unpaired) electrons. The molecule has 2 aromatic heterocycles. The van der Waals surface area contributed by atoms with Crippen LogP contribution in [0.15, 0.2) is 42.0 Å². The third kappa shape index (κ3) is 2.26. The lowest BCUT2D eigenvalue weighted by Gasteiger charge is -1.95. The first-order valence-electron chi connectivity index (χ1n) is 4.45. The predicted molar refractivity (Wildman–Crippen MR) is 56.0 cm³/mol. The maximum atomic E-state index is 4.08. The second kappa shape index (κ2) is 4.32. The van der Waals surface area contributed by atoms with Gasteiger partial charge in [0.1, 0.15) is 0 Å². The molecule has 0 amide bonds. The van der Waals surface area contributed by atoms with Gasteiger partial charge in [0.15, 0.2) is 0 Å². The summed E-state index contributed by atoms with van der Waals surface area (Å²) in [5.41, 5.74) is 5.21. The minimum Gasteiger partial charge on any atom is -0.367 e. The molecule has 0 bridgehead atoms. The first kappa shape index (κ1) is 8.62. The number of rotatable bonds is 4. The SMILES string of the molecule is C(=N\NCc1cc[nH]c1)/c1cc[nH]c1. The second-order valence-electron chi connectivity index (χ2n) is 2.96. The van der Waals surface area contributed by atoms with Crippen molar-refractivity contribution in [1.82, 2.24) is 15.4 Å². The van der Waals surface area contributed by atoms with Gasteiger partial charge < -0.3 is 15.4 Å². The van der Waals surface area contributed by atoms with E-state index < -0.39 is 0 Å². The highest BCUT2D eigenvalue weighted by Gasteiger charge is 1.88. The summed E-state index contributed by atoms with van der Waals surface area (Å²) >= 11 is 0. The molecule has 0 unspecified atom stereocenters. The predicted octanol–water partition coefficient (Wildman–Crippen LogP) is 1.47. The lowest BCUT2D eigenvalue weighted by Crippen LogP contribution is -2.04. The van der Waals surface area contributed by atoms with Crippen molar-refractivity contribution in [2.24, 2.45) is 5.10 Å². The van der Waals surface area contributed by atoms with E-state index in [1.807, 2.05) is 36.9 Å². The number of hydrogen-bond donors (Lipinski definition) is 3. The van der Waals surface area contributed by atoms with Crippen molar-refractivity contribution >= 4 is 6.21 Å². The maximum Gasteiger partial charge on any atom is 0.0594 e. The zero-order valence-electron chi connectivity index (χ0n) is 7.70. The van der Waals surface area contributed by atoms with Crippen LogP contribution in [0.4, 0.5) is 0 Å². The molecule has 72 valence electrons. The molecule has 2 heterocycles. The summed E-state index contributed by atoms with van der Waals surface area (Å²) in [6.07, 6.45) is 9.38. The Bertz CT molecular complexity index is 372. The number of aromatic amines is 2. The Morgan fingerprint density at radius 2 is 2.07 bits per heavy atom. The Morgan fingerprint density at radius 3 is 2.79 bits per heavy atom. The fraction of sp³-hybridized carbons (Fsp3) is 0.100. The van der Waals surface area contributed by atoms with Crippen molar-refractivity contribution < 1.29 is 0 Å². The highest BCUT2D eigenvalue weighted by Crippen LogP contribution is 1.95. The van der Waals surface area contributed by atoms with Gasteiger partial charge >= 0.3 is 0 Å². The van der Waals surface area contributed by atoms with Crippen LogP contribution in [-0.2, 0) is 6.54 Å². The van der Waals surface area contributed by atoms with Crippen LogP contribution < -0.4 is 5.43 Å².